The number of rotatable bonds is 5. The lowest BCUT2D eigenvalue weighted by Crippen LogP contribution is -3.14. The van der Waals surface area contributed by atoms with Gasteiger partial charge in [-0.15, -0.1) is 0 Å². The zero-order valence-electron chi connectivity index (χ0n) is 13.9. The highest BCUT2D eigenvalue weighted by molar-refractivity contribution is 9.10. The summed E-state index contributed by atoms with van der Waals surface area (Å²) in [5.41, 5.74) is 0.233. The molecule has 0 aromatic heterocycles. The number of ether oxygens (including phenoxy) is 2. The molecule has 5 fully saturated rings. The standard InChI is InChI=1S/C18H28BrNO3/c19-18-10-14-7-15(11-18)9-17(8-14,13-18)12-16(21)23-6-3-20-1-4-22-5-2-20/h14-15H,1-13H2/p+1/t14-,15+,17?,18?. The molecular formula is C18H29BrNO3+. The quantitative estimate of drug-likeness (QED) is 0.575. The Labute approximate surface area is 147 Å². The van der Waals surface area contributed by atoms with Gasteiger partial charge < -0.3 is 14.4 Å². The van der Waals surface area contributed by atoms with E-state index < -0.39 is 0 Å². The number of quaternary nitrogens is 1. The lowest BCUT2D eigenvalue weighted by atomic mass is 9.49. The van der Waals surface area contributed by atoms with Crippen LogP contribution in [0.3, 0.4) is 0 Å². The monoisotopic (exact) mass is 386 g/mol. The molecule has 2 unspecified atom stereocenters. The second-order valence-corrected chi connectivity index (χ2v) is 10.3. The minimum absolute atomic E-state index is 0.0377. The third-order valence-corrected chi connectivity index (χ3v) is 7.48. The Hall–Kier alpha value is -0.130. The van der Waals surface area contributed by atoms with E-state index in [1.54, 1.807) is 0 Å². The Kier molecular flexibility index (Phi) is 4.48. The van der Waals surface area contributed by atoms with E-state index in [0.717, 1.165) is 44.7 Å². The number of carbonyl (C=O) groups is 1. The minimum Gasteiger partial charge on any atom is -0.460 e. The van der Waals surface area contributed by atoms with Crippen LogP contribution in [0.2, 0.25) is 0 Å². The molecule has 5 aliphatic rings. The van der Waals surface area contributed by atoms with Gasteiger partial charge in [-0.2, -0.15) is 0 Å². The van der Waals surface area contributed by atoms with Crippen molar-refractivity contribution >= 4 is 21.9 Å². The van der Waals surface area contributed by atoms with Crippen LogP contribution in [0.5, 0.6) is 0 Å². The molecule has 4 atom stereocenters. The van der Waals surface area contributed by atoms with Crippen molar-refractivity contribution in [1.29, 1.82) is 0 Å². The van der Waals surface area contributed by atoms with Crippen LogP contribution in [-0.4, -0.2) is 49.7 Å². The van der Waals surface area contributed by atoms with Crippen LogP contribution in [0.4, 0.5) is 0 Å². The van der Waals surface area contributed by atoms with Crippen molar-refractivity contribution in [3.63, 3.8) is 0 Å². The Morgan fingerprint density at radius 1 is 1.17 bits per heavy atom. The molecule has 1 saturated heterocycles. The summed E-state index contributed by atoms with van der Waals surface area (Å²) in [5, 5.41) is 0. The summed E-state index contributed by atoms with van der Waals surface area (Å²) in [6, 6.07) is 0. The highest BCUT2D eigenvalue weighted by Crippen LogP contribution is 2.65. The van der Waals surface area contributed by atoms with E-state index in [4.69, 9.17) is 9.47 Å². The molecule has 0 aromatic carbocycles. The highest BCUT2D eigenvalue weighted by Gasteiger charge is 2.57. The Balaban J connectivity index is 1.27. The molecule has 4 saturated carbocycles. The van der Waals surface area contributed by atoms with Crippen LogP contribution in [-0.2, 0) is 14.3 Å². The van der Waals surface area contributed by atoms with Crippen molar-refractivity contribution in [2.45, 2.75) is 49.3 Å². The first-order chi connectivity index (χ1) is 11.0. The van der Waals surface area contributed by atoms with Gasteiger partial charge in [0, 0.05) is 4.32 Å². The van der Waals surface area contributed by atoms with Gasteiger partial charge in [-0.25, -0.2) is 0 Å². The molecule has 130 valence electrons. The Bertz CT molecular complexity index is 449. The van der Waals surface area contributed by atoms with Crippen molar-refractivity contribution in [1.82, 2.24) is 0 Å². The molecule has 0 radical (unpaired) electrons. The summed E-state index contributed by atoms with van der Waals surface area (Å²) in [7, 11) is 0. The van der Waals surface area contributed by atoms with Crippen LogP contribution in [0.25, 0.3) is 0 Å². The number of esters is 1. The largest absolute Gasteiger partial charge is 0.460 e. The fourth-order valence-corrected chi connectivity index (χ4v) is 7.63. The molecule has 1 aliphatic heterocycles. The Morgan fingerprint density at radius 3 is 2.52 bits per heavy atom. The van der Waals surface area contributed by atoms with Crippen LogP contribution >= 0.6 is 15.9 Å². The average molecular weight is 387 g/mol. The van der Waals surface area contributed by atoms with Gasteiger partial charge in [0.2, 0.25) is 0 Å². The fraction of sp³-hybridized carbons (Fsp3) is 0.944. The van der Waals surface area contributed by atoms with E-state index in [2.05, 4.69) is 15.9 Å². The third-order valence-electron chi connectivity index (χ3n) is 6.55. The van der Waals surface area contributed by atoms with E-state index in [9.17, 15) is 4.79 Å². The predicted octanol–water partition coefficient (Wildman–Crippen LogP) is 1.57. The minimum atomic E-state index is 0.0377. The lowest BCUT2D eigenvalue weighted by Gasteiger charge is -2.60. The van der Waals surface area contributed by atoms with E-state index >= 15 is 0 Å². The number of halogens is 1. The van der Waals surface area contributed by atoms with Crippen LogP contribution in [0.1, 0.15) is 44.9 Å². The van der Waals surface area contributed by atoms with Crippen molar-refractivity contribution in [2.75, 3.05) is 39.5 Å². The van der Waals surface area contributed by atoms with Crippen LogP contribution < -0.4 is 4.90 Å². The average Bonchev–Trinajstić information content (AvgIpc) is 2.45. The maximum absolute atomic E-state index is 12.4. The smallest absolute Gasteiger partial charge is 0.306 e. The molecule has 4 bridgehead atoms. The maximum Gasteiger partial charge on any atom is 0.306 e. The number of hydrogen-bond acceptors (Lipinski definition) is 3. The summed E-state index contributed by atoms with van der Waals surface area (Å²) in [6.07, 6.45) is 8.36. The molecule has 0 amide bonds. The molecule has 1 heterocycles. The fourth-order valence-electron chi connectivity index (χ4n) is 6.12. The summed E-state index contributed by atoms with van der Waals surface area (Å²) in [6.45, 7) is 5.24. The SMILES string of the molecule is O=C(CC12C[C@@H]3C[C@@H](CC(Br)(C3)C1)C2)OCC[NH+]1CCOCC1. The van der Waals surface area contributed by atoms with Crippen LogP contribution in [0.15, 0.2) is 0 Å². The number of morpholine rings is 1. The number of carbonyl (C=O) groups excluding carboxylic acids is 1. The van der Waals surface area contributed by atoms with Gasteiger partial charge in [-0.1, -0.05) is 15.9 Å². The van der Waals surface area contributed by atoms with Gasteiger partial charge in [0.1, 0.15) is 26.2 Å². The van der Waals surface area contributed by atoms with E-state index in [0.29, 0.717) is 17.4 Å². The van der Waals surface area contributed by atoms with Gasteiger partial charge in [-0.05, 0) is 55.8 Å². The zero-order valence-corrected chi connectivity index (χ0v) is 15.5. The molecule has 5 heteroatoms. The summed E-state index contributed by atoms with van der Waals surface area (Å²) in [5.74, 6) is 1.71. The molecule has 1 N–H and O–H groups in total. The first-order valence-corrected chi connectivity index (χ1v) is 10.1. The molecular weight excluding hydrogens is 358 g/mol. The zero-order chi connectivity index (χ0) is 15.9. The number of nitrogens with one attached hydrogen (secondary N) is 1. The van der Waals surface area contributed by atoms with Gasteiger partial charge in [0.05, 0.1) is 19.6 Å². The number of hydrogen-bond donors (Lipinski definition) is 1. The second-order valence-electron chi connectivity index (χ2n) is 8.62. The maximum atomic E-state index is 12.4. The van der Waals surface area contributed by atoms with E-state index in [1.807, 2.05) is 0 Å². The molecule has 5 rings (SSSR count). The first kappa shape index (κ1) is 16.3. The third kappa shape index (κ3) is 3.62. The molecule has 4 aliphatic carbocycles. The van der Waals surface area contributed by atoms with Crippen molar-refractivity contribution in [3.8, 4) is 0 Å². The molecule has 0 aromatic rings. The highest BCUT2D eigenvalue weighted by atomic mass is 79.9. The van der Waals surface area contributed by atoms with Gasteiger partial charge in [0.25, 0.3) is 0 Å². The van der Waals surface area contributed by atoms with Crippen molar-refractivity contribution in [2.24, 2.45) is 17.3 Å². The first-order valence-electron chi connectivity index (χ1n) is 9.30. The molecule has 23 heavy (non-hydrogen) atoms. The lowest BCUT2D eigenvalue weighted by molar-refractivity contribution is -0.908. The second kappa shape index (κ2) is 6.30. The summed E-state index contributed by atoms with van der Waals surface area (Å²) >= 11 is 4.02. The van der Waals surface area contributed by atoms with Crippen LogP contribution in [0, 0.1) is 17.3 Å². The predicted molar refractivity (Wildman–Crippen MR) is 90.7 cm³/mol. The topological polar surface area (TPSA) is 40.0 Å². The molecule has 0 spiro atoms. The van der Waals surface area contributed by atoms with Crippen molar-refractivity contribution < 1.29 is 19.2 Å². The summed E-state index contributed by atoms with van der Waals surface area (Å²) in [4.78, 5) is 13.9. The normalized spacial score (nSPS) is 42.8. The van der Waals surface area contributed by atoms with E-state index in [-0.39, 0.29) is 11.4 Å². The van der Waals surface area contributed by atoms with Crippen molar-refractivity contribution in [3.05, 3.63) is 0 Å². The summed E-state index contributed by atoms with van der Waals surface area (Å²) < 4.78 is 11.3. The van der Waals surface area contributed by atoms with Gasteiger partial charge >= 0.3 is 5.97 Å². The Morgan fingerprint density at radius 2 is 1.87 bits per heavy atom. The molecule has 4 nitrogen and oxygen atoms in total. The van der Waals surface area contributed by atoms with Gasteiger partial charge in [-0.3, -0.25) is 4.79 Å². The van der Waals surface area contributed by atoms with Gasteiger partial charge in [0.15, 0.2) is 0 Å². The van der Waals surface area contributed by atoms with E-state index in [1.165, 1.54) is 43.4 Å². The number of alkyl halides is 1.